The Hall–Kier alpha value is -1.07. The second-order valence-electron chi connectivity index (χ2n) is 8.49. The lowest BCUT2D eigenvalue weighted by atomic mass is 9.86. The number of fused-ring (bicyclic) bond motifs is 1. The Labute approximate surface area is 159 Å². The first-order valence-corrected chi connectivity index (χ1v) is 11.7. The van der Waals surface area contributed by atoms with Crippen molar-refractivity contribution in [3.63, 3.8) is 0 Å². The average molecular weight is 379 g/mol. The molecule has 1 fully saturated rings. The van der Waals surface area contributed by atoms with Gasteiger partial charge in [-0.05, 0) is 107 Å². The lowest BCUT2D eigenvalue weighted by molar-refractivity contribution is 0.323. The Kier molecular flexibility index (Phi) is 5.97. The fourth-order valence-electron chi connectivity index (χ4n) is 4.46. The van der Waals surface area contributed by atoms with Gasteiger partial charge in [-0.2, -0.15) is 0 Å². The van der Waals surface area contributed by atoms with Crippen LogP contribution in [-0.4, -0.2) is 26.3 Å². The van der Waals surface area contributed by atoms with Crippen LogP contribution in [0.15, 0.2) is 6.07 Å². The van der Waals surface area contributed by atoms with Crippen LogP contribution in [0.1, 0.15) is 68.2 Å². The summed E-state index contributed by atoms with van der Waals surface area (Å²) in [6.07, 6.45) is 7.80. The van der Waals surface area contributed by atoms with E-state index >= 15 is 0 Å². The van der Waals surface area contributed by atoms with Crippen molar-refractivity contribution < 1.29 is 8.42 Å². The number of benzene rings is 1. The molecule has 0 bridgehead atoms. The van der Waals surface area contributed by atoms with Crippen molar-refractivity contribution in [1.82, 2.24) is 4.72 Å². The molecule has 1 saturated carbocycles. The third-order valence-electron chi connectivity index (χ3n) is 6.29. The molecule has 0 spiro atoms. The van der Waals surface area contributed by atoms with Gasteiger partial charge in [0, 0.05) is 18.3 Å². The maximum absolute atomic E-state index is 12.0. The molecule has 1 aromatic rings. The van der Waals surface area contributed by atoms with Crippen molar-refractivity contribution in [1.29, 1.82) is 0 Å². The number of aryl methyl sites for hydroxylation is 1. The van der Waals surface area contributed by atoms with Gasteiger partial charge < -0.3 is 5.32 Å². The summed E-state index contributed by atoms with van der Waals surface area (Å²) in [5.74, 6) is 0.628. The zero-order valence-electron chi connectivity index (χ0n) is 16.7. The molecule has 0 unspecified atom stereocenters. The third kappa shape index (κ3) is 4.25. The van der Waals surface area contributed by atoms with Crippen molar-refractivity contribution in [2.45, 2.75) is 83.9 Å². The van der Waals surface area contributed by atoms with Crippen LogP contribution >= 0.6 is 0 Å². The van der Waals surface area contributed by atoms with Gasteiger partial charge in [-0.25, -0.2) is 13.1 Å². The summed E-state index contributed by atoms with van der Waals surface area (Å²) in [5.41, 5.74) is 7.30. The largest absolute Gasteiger partial charge is 0.385 e. The summed E-state index contributed by atoms with van der Waals surface area (Å²) in [4.78, 5) is 0. The van der Waals surface area contributed by atoms with Gasteiger partial charge in [0.2, 0.25) is 10.0 Å². The van der Waals surface area contributed by atoms with E-state index in [1.807, 2.05) is 0 Å². The molecule has 146 valence electrons. The van der Waals surface area contributed by atoms with Crippen molar-refractivity contribution in [2.24, 2.45) is 5.92 Å². The summed E-state index contributed by atoms with van der Waals surface area (Å²) in [6, 6.07) is 2.43. The van der Waals surface area contributed by atoms with E-state index in [-0.39, 0.29) is 11.3 Å². The normalized spacial score (nSPS) is 23.3. The highest BCUT2D eigenvalue weighted by molar-refractivity contribution is 7.90. The van der Waals surface area contributed by atoms with Crippen LogP contribution in [-0.2, 0) is 22.9 Å². The van der Waals surface area contributed by atoms with Gasteiger partial charge in [0.25, 0.3) is 0 Å². The SMILES string of the molecule is Cc1cc(NC[C@H]2CC[C@H](NS(=O)(=O)C(C)C)CC2)c(C)c2c1CCC2. The summed E-state index contributed by atoms with van der Waals surface area (Å²) in [5, 5.41) is 3.34. The van der Waals surface area contributed by atoms with Crippen molar-refractivity contribution in [2.75, 3.05) is 11.9 Å². The van der Waals surface area contributed by atoms with E-state index in [0.717, 1.165) is 32.2 Å². The van der Waals surface area contributed by atoms with Gasteiger partial charge in [0.1, 0.15) is 0 Å². The third-order valence-corrected chi connectivity index (χ3v) is 8.19. The molecule has 2 N–H and O–H groups in total. The van der Waals surface area contributed by atoms with E-state index in [9.17, 15) is 8.42 Å². The Morgan fingerprint density at radius 1 is 1.08 bits per heavy atom. The summed E-state index contributed by atoms with van der Waals surface area (Å²) in [7, 11) is -3.15. The quantitative estimate of drug-likeness (QED) is 0.784. The zero-order valence-corrected chi connectivity index (χ0v) is 17.5. The molecule has 0 radical (unpaired) electrons. The topological polar surface area (TPSA) is 58.2 Å². The minimum absolute atomic E-state index is 0.114. The van der Waals surface area contributed by atoms with E-state index < -0.39 is 10.0 Å². The maximum atomic E-state index is 12.0. The second kappa shape index (κ2) is 7.89. The highest BCUT2D eigenvalue weighted by Gasteiger charge is 2.26. The van der Waals surface area contributed by atoms with E-state index in [1.165, 1.54) is 36.1 Å². The second-order valence-corrected chi connectivity index (χ2v) is 10.8. The maximum Gasteiger partial charge on any atom is 0.214 e. The van der Waals surface area contributed by atoms with Crippen LogP contribution in [0.25, 0.3) is 0 Å². The molecule has 0 heterocycles. The zero-order chi connectivity index (χ0) is 18.9. The summed E-state index contributed by atoms with van der Waals surface area (Å²) >= 11 is 0. The van der Waals surface area contributed by atoms with Crippen molar-refractivity contribution in [3.8, 4) is 0 Å². The van der Waals surface area contributed by atoms with Gasteiger partial charge in [-0.1, -0.05) is 0 Å². The molecule has 3 rings (SSSR count). The van der Waals surface area contributed by atoms with Crippen LogP contribution in [0.3, 0.4) is 0 Å². The van der Waals surface area contributed by atoms with Gasteiger partial charge in [-0.3, -0.25) is 0 Å². The van der Waals surface area contributed by atoms with Gasteiger partial charge in [0.15, 0.2) is 0 Å². The number of rotatable bonds is 6. The Balaban J connectivity index is 1.53. The molecule has 2 aliphatic rings. The molecule has 26 heavy (non-hydrogen) atoms. The minimum atomic E-state index is -3.15. The molecule has 4 nitrogen and oxygen atoms in total. The molecule has 5 heteroatoms. The first-order chi connectivity index (χ1) is 12.3. The van der Waals surface area contributed by atoms with Crippen LogP contribution in [0.5, 0.6) is 0 Å². The summed E-state index contributed by atoms with van der Waals surface area (Å²) in [6.45, 7) is 8.95. The lowest BCUT2D eigenvalue weighted by Gasteiger charge is -2.30. The van der Waals surface area contributed by atoms with E-state index in [4.69, 9.17) is 0 Å². The molecular weight excluding hydrogens is 344 g/mol. The molecule has 0 aliphatic heterocycles. The number of hydrogen-bond acceptors (Lipinski definition) is 3. The van der Waals surface area contributed by atoms with Crippen LogP contribution in [0.2, 0.25) is 0 Å². The number of anilines is 1. The van der Waals surface area contributed by atoms with Crippen LogP contribution in [0.4, 0.5) is 5.69 Å². The number of hydrogen-bond donors (Lipinski definition) is 2. The monoisotopic (exact) mass is 378 g/mol. The Morgan fingerprint density at radius 2 is 1.73 bits per heavy atom. The van der Waals surface area contributed by atoms with Gasteiger partial charge in [0.05, 0.1) is 5.25 Å². The molecular formula is C21H34N2O2S. The van der Waals surface area contributed by atoms with E-state index in [2.05, 4.69) is 30.0 Å². The fraction of sp³-hybridized carbons (Fsp3) is 0.714. The van der Waals surface area contributed by atoms with Crippen LogP contribution in [0, 0.1) is 19.8 Å². The summed E-state index contributed by atoms with van der Waals surface area (Å²) < 4.78 is 26.9. The van der Waals surface area contributed by atoms with E-state index in [1.54, 1.807) is 25.0 Å². The standard InChI is InChI=1S/C21H34N2O2S/c1-14(2)26(24,25)23-18-10-8-17(9-11-18)13-22-21-12-15(3)19-6-5-7-20(19)16(21)4/h12,14,17-18,22-23H,5-11,13H2,1-4H3/t17-,18-. The molecule has 0 amide bonds. The number of nitrogens with one attached hydrogen (secondary N) is 2. The van der Waals surface area contributed by atoms with Gasteiger partial charge >= 0.3 is 0 Å². The minimum Gasteiger partial charge on any atom is -0.385 e. The van der Waals surface area contributed by atoms with Gasteiger partial charge in [-0.15, -0.1) is 0 Å². The first-order valence-electron chi connectivity index (χ1n) is 10.1. The predicted octanol–water partition coefficient (Wildman–Crippen LogP) is 4.09. The lowest BCUT2D eigenvalue weighted by Crippen LogP contribution is -2.41. The van der Waals surface area contributed by atoms with Crippen LogP contribution < -0.4 is 10.0 Å². The molecule has 0 aromatic heterocycles. The highest BCUT2D eigenvalue weighted by Crippen LogP contribution is 2.33. The smallest absolute Gasteiger partial charge is 0.214 e. The average Bonchev–Trinajstić information content (AvgIpc) is 3.08. The molecule has 0 atom stereocenters. The van der Waals surface area contributed by atoms with Crippen molar-refractivity contribution >= 4 is 15.7 Å². The highest BCUT2D eigenvalue weighted by atomic mass is 32.2. The molecule has 0 saturated heterocycles. The Bertz CT molecular complexity index is 748. The van der Waals surface area contributed by atoms with E-state index in [0.29, 0.717) is 5.92 Å². The first kappa shape index (κ1) is 19.7. The molecule has 2 aliphatic carbocycles. The number of sulfonamides is 1. The Morgan fingerprint density at radius 3 is 2.38 bits per heavy atom. The molecule has 1 aromatic carbocycles. The van der Waals surface area contributed by atoms with Crippen molar-refractivity contribution in [3.05, 3.63) is 28.3 Å². The predicted molar refractivity (Wildman–Crippen MR) is 109 cm³/mol. The fourth-order valence-corrected chi connectivity index (χ4v) is 5.43.